The van der Waals surface area contributed by atoms with Crippen molar-refractivity contribution in [2.24, 2.45) is 0 Å². The Labute approximate surface area is 115 Å². The summed E-state index contributed by atoms with van der Waals surface area (Å²) in [6, 6.07) is 8.18. The summed E-state index contributed by atoms with van der Waals surface area (Å²) in [4.78, 5) is 12.2. The van der Waals surface area contributed by atoms with Crippen LogP contribution in [0.4, 0.5) is 0 Å². The molecule has 19 heavy (non-hydrogen) atoms. The van der Waals surface area contributed by atoms with Crippen molar-refractivity contribution in [3.8, 4) is 5.75 Å². The Hall–Kier alpha value is -1.51. The Morgan fingerprint density at radius 2 is 1.95 bits per heavy atom. The van der Waals surface area contributed by atoms with Crippen LogP contribution in [0.5, 0.6) is 5.75 Å². The van der Waals surface area contributed by atoms with Crippen LogP contribution in [0.25, 0.3) is 0 Å². The molecule has 1 aliphatic rings. The highest BCUT2D eigenvalue weighted by atomic mass is 16.5. The van der Waals surface area contributed by atoms with Crippen LogP contribution in [0.1, 0.15) is 44.6 Å². The van der Waals surface area contributed by atoms with Crippen molar-refractivity contribution in [1.29, 1.82) is 0 Å². The molecule has 0 heterocycles. The van der Waals surface area contributed by atoms with Crippen LogP contribution in [-0.2, 0) is 4.79 Å². The first kappa shape index (κ1) is 13.9. The van der Waals surface area contributed by atoms with Crippen molar-refractivity contribution >= 4 is 5.91 Å². The average Bonchev–Trinajstić information content (AvgIpc) is 2.90. The number of rotatable bonds is 5. The molecular formula is C16H23NO2. The van der Waals surface area contributed by atoms with Crippen LogP contribution in [0.15, 0.2) is 24.3 Å². The second-order valence-electron chi connectivity index (χ2n) is 5.32. The fourth-order valence-electron chi connectivity index (χ4n) is 2.47. The highest BCUT2D eigenvalue weighted by molar-refractivity contribution is 5.81. The third-order valence-electron chi connectivity index (χ3n) is 3.66. The highest BCUT2D eigenvalue weighted by Gasteiger charge is 2.23. The van der Waals surface area contributed by atoms with Crippen LogP contribution in [0.2, 0.25) is 0 Å². The van der Waals surface area contributed by atoms with Gasteiger partial charge in [0.25, 0.3) is 5.91 Å². The number of carbonyl (C=O) groups excluding carboxylic acids is 1. The SMILES string of the molecule is CCC(Oc1ccc(C)cc1)C(=O)NC1CCCC1. The van der Waals surface area contributed by atoms with E-state index in [-0.39, 0.29) is 12.0 Å². The van der Waals surface area contributed by atoms with Gasteiger partial charge in [-0.1, -0.05) is 37.5 Å². The smallest absolute Gasteiger partial charge is 0.261 e. The molecule has 0 spiro atoms. The zero-order chi connectivity index (χ0) is 13.7. The molecule has 1 N–H and O–H groups in total. The summed E-state index contributed by atoms with van der Waals surface area (Å²) in [5.74, 6) is 0.786. The topological polar surface area (TPSA) is 38.3 Å². The van der Waals surface area contributed by atoms with E-state index in [1.165, 1.54) is 18.4 Å². The summed E-state index contributed by atoms with van der Waals surface area (Å²) >= 11 is 0. The highest BCUT2D eigenvalue weighted by Crippen LogP contribution is 2.19. The van der Waals surface area contributed by atoms with Gasteiger partial charge in [0, 0.05) is 6.04 Å². The lowest BCUT2D eigenvalue weighted by atomic mass is 10.2. The van der Waals surface area contributed by atoms with Gasteiger partial charge in [0.1, 0.15) is 5.75 Å². The van der Waals surface area contributed by atoms with Crippen LogP contribution < -0.4 is 10.1 Å². The standard InChI is InChI=1S/C16H23NO2/c1-3-15(16(18)17-13-6-4-5-7-13)19-14-10-8-12(2)9-11-14/h8-11,13,15H,3-7H2,1-2H3,(H,17,18). The maximum Gasteiger partial charge on any atom is 0.261 e. The van der Waals surface area contributed by atoms with Crippen molar-refractivity contribution in [3.63, 3.8) is 0 Å². The molecule has 1 aromatic carbocycles. The molecule has 3 nitrogen and oxygen atoms in total. The molecule has 1 unspecified atom stereocenters. The van der Waals surface area contributed by atoms with E-state index >= 15 is 0 Å². The number of ether oxygens (including phenoxy) is 1. The summed E-state index contributed by atoms with van der Waals surface area (Å²) in [6.45, 7) is 4.01. The van der Waals surface area contributed by atoms with E-state index in [2.05, 4.69) is 5.32 Å². The monoisotopic (exact) mass is 261 g/mol. The zero-order valence-corrected chi connectivity index (χ0v) is 11.8. The summed E-state index contributed by atoms with van der Waals surface area (Å²) in [7, 11) is 0. The molecule has 1 aromatic rings. The molecule has 104 valence electrons. The van der Waals surface area contributed by atoms with E-state index < -0.39 is 0 Å². The van der Waals surface area contributed by atoms with E-state index in [0.29, 0.717) is 12.5 Å². The molecule has 0 bridgehead atoms. The van der Waals surface area contributed by atoms with Crippen molar-refractivity contribution in [1.82, 2.24) is 5.32 Å². The Kier molecular flexibility index (Phi) is 4.83. The number of aryl methyl sites for hydroxylation is 1. The predicted molar refractivity (Wildman–Crippen MR) is 76.3 cm³/mol. The molecule has 0 radical (unpaired) electrons. The lowest BCUT2D eigenvalue weighted by Gasteiger charge is -2.20. The first-order valence-corrected chi connectivity index (χ1v) is 7.22. The molecule has 0 saturated heterocycles. The Morgan fingerprint density at radius 1 is 1.32 bits per heavy atom. The van der Waals surface area contributed by atoms with Crippen molar-refractivity contribution in [3.05, 3.63) is 29.8 Å². The number of carbonyl (C=O) groups is 1. The lowest BCUT2D eigenvalue weighted by molar-refractivity contribution is -0.128. The number of amides is 1. The van der Waals surface area contributed by atoms with Gasteiger partial charge in [-0.05, 0) is 38.3 Å². The van der Waals surface area contributed by atoms with Gasteiger partial charge in [0.15, 0.2) is 6.10 Å². The summed E-state index contributed by atoms with van der Waals surface area (Å²) in [5, 5.41) is 3.10. The third kappa shape index (κ3) is 3.98. The maximum atomic E-state index is 12.2. The van der Waals surface area contributed by atoms with Crippen LogP contribution in [0, 0.1) is 6.92 Å². The minimum absolute atomic E-state index is 0.0231. The summed E-state index contributed by atoms with van der Waals surface area (Å²) in [6.07, 6.45) is 4.95. The van der Waals surface area contributed by atoms with Gasteiger partial charge < -0.3 is 10.1 Å². The van der Waals surface area contributed by atoms with Crippen LogP contribution >= 0.6 is 0 Å². The van der Waals surface area contributed by atoms with Crippen molar-refractivity contribution in [2.75, 3.05) is 0 Å². The minimum atomic E-state index is -0.386. The first-order valence-electron chi connectivity index (χ1n) is 7.22. The van der Waals surface area contributed by atoms with E-state index in [4.69, 9.17) is 4.74 Å². The van der Waals surface area contributed by atoms with Gasteiger partial charge in [-0.3, -0.25) is 4.79 Å². The quantitative estimate of drug-likeness (QED) is 0.884. The number of hydrogen-bond acceptors (Lipinski definition) is 2. The van der Waals surface area contributed by atoms with Crippen molar-refractivity contribution < 1.29 is 9.53 Å². The van der Waals surface area contributed by atoms with E-state index in [0.717, 1.165) is 18.6 Å². The Morgan fingerprint density at radius 3 is 2.53 bits per heavy atom. The molecule has 1 fully saturated rings. The summed E-state index contributed by atoms with van der Waals surface area (Å²) in [5.41, 5.74) is 1.19. The average molecular weight is 261 g/mol. The fourth-order valence-corrected chi connectivity index (χ4v) is 2.47. The largest absolute Gasteiger partial charge is 0.481 e. The Balaban J connectivity index is 1.91. The van der Waals surface area contributed by atoms with Gasteiger partial charge in [0.05, 0.1) is 0 Å². The van der Waals surface area contributed by atoms with Gasteiger partial charge in [-0.2, -0.15) is 0 Å². The predicted octanol–water partition coefficient (Wildman–Crippen LogP) is 3.21. The number of nitrogens with one attached hydrogen (secondary N) is 1. The fraction of sp³-hybridized carbons (Fsp3) is 0.562. The number of benzene rings is 1. The first-order chi connectivity index (χ1) is 9.19. The number of hydrogen-bond donors (Lipinski definition) is 1. The Bertz CT molecular complexity index is 407. The van der Waals surface area contributed by atoms with Crippen molar-refractivity contribution in [2.45, 2.75) is 58.1 Å². The molecule has 0 aliphatic heterocycles. The van der Waals surface area contributed by atoms with Gasteiger partial charge in [0.2, 0.25) is 0 Å². The molecular weight excluding hydrogens is 238 g/mol. The van der Waals surface area contributed by atoms with E-state index in [9.17, 15) is 4.79 Å². The second kappa shape index (κ2) is 6.60. The molecule has 1 saturated carbocycles. The van der Waals surface area contributed by atoms with Gasteiger partial charge in [-0.15, -0.1) is 0 Å². The maximum absolute atomic E-state index is 12.2. The van der Waals surface area contributed by atoms with E-state index in [1.807, 2.05) is 38.1 Å². The molecule has 2 rings (SSSR count). The molecule has 1 amide bonds. The third-order valence-corrected chi connectivity index (χ3v) is 3.66. The molecule has 3 heteroatoms. The molecule has 0 aromatic heterocycles. The molecule has 1 aliphatic carbocycles. The van der Waals surface area contributed by atoms with E-state index in [1.54, 1.807) is 0 Å². The van der Waals surface area contributed by atoms with Crippen LogP contribution in [-0.4, -0.2) is 18.1 Å². The lowest BCUT2D eigenvalue weighted by Crippen LogP contribution is -2.42. The summed E-state index contributed by atoms with van der Waals surface area (Å²) < 4.78 is 5.78. The van der Waals surface area contributed by atoms with Gasteiger partial charge in [-0.25, -0.2) is 0 Å². The second-order valence-corrected chi connectivity index (χ2v) is 5.32. The van der Waals surface area contributed by atoms with Crippen LogP contribution in [0.3, 0.4) is 0 Å². The van der Waals surface area contributed by atoms with Gasteiger partial charge >= 0.3 is 0 Å². The normalized spacial score (nSPS) is 17.2. The zero-order valence-electron chi connectivity index (χ0n) is 11.8. The molecule has 1 atom stereocenters. The minimum Gasteiger partial charge on any atom is -0.481 e.